The average molecular weight is 440 g/mol. The molecule has 0 saturated heterocycles. The molecule has 0 unspecified atom stereocenters. The van der Waals surface area contributed by atoms with Crippen molar-refractivity contribution in [3.8, 4) is 22.6 Å². The van der Waals surface area contributed by atoms with Gasteiger partial charge in [0.25, 0.3) is 0 Å². The van der Waals surface area contributed by atoms with E-state index in [1.165, 1.54) is 6.08 Å². The van der Waals surface area contributed by atoms with E-state index in [0.29, 0.717) is 33.4 Å². The monoisotopic (exact) mass is 439 g/mol. The van der Waals surface area contributed by atoms with Crippen molar-refractivity contribution in [2.75, 3.05) is 0 Å². The molecule has 0 radical (unpaired) electrons. The first-order valence-corrected chi connectivity index (χ1v) is 10.5. The fourth-order valence-electron chi connectivity index (χ4n) is 3.49. The highest BCUT2D eigenvalue weighted by Crippen LogP contribution is 2.30. The third-order valence-electron chi connectivity index (χ3n) is 5.28. The summed E-state index contributed by atoms with van der Waals surface area (Å²) in [5.41, 5.74) is 4.06. The summed E-state index contributed by atoms with van der Waals surface area (Å²) in [7, 11) is 0. The Morgan fingerprint density at radius 2 is 1.78 bits per heavy atom. The molecule has 2 aromatic heterocycles. The molecule has 0 amide bonds. The molecule has 3 aromatic carbocycles. The minimum atomic E-state index is -0.136. The Morgan fingerprint density at radius 1 is 0.938 bits per heavy atom. The maximum absolute atomic E-state index is 12.8. The summed E-state index contributed by atoms with van der Waals surface area (Å²) in [6.07, 6.45) is 3.17. The molecular formula is C27H18ClNO3. The van der Waals surface area contributed by atoms with Crippen LogP contribution in [-0.2, 0) is 0 Å². The number of ketones is 1. The van der Waals surface area contributed by atoms with Crippen LogP contribution in [0.3, 0.4) is 0 Å². The van der Waals surface area contributed by atoms with E-state index in [0.717, 1.165) is 22.1 Å². The molecule has 0 bridgehead atoms. The molecule has 156 valence electrons. The maximum atomic E-state index is 12.8. The molecule has 0 fully saturated rings. The molecule has 0 saturated carbocycles. The van der Waals surface area contributed by atoms with Crippen LogP contribution < -0.4 is 0 Å². The van der Waals surface area contributed by atoms with Crippen LogP contribution in [0.4, 0.5) is 0 Å². The van der Waals surface area contributed by atoms with Crippen LogP contribution in [0.2, 0.25) is 5.02 Å². The van der Waals surface area contributed by atoms with Crippen LogP contribution in [0.15, 0.2) is 93.9 Å². The Bertz CT molecular complexity index is 1460. The summed E-state index contributed by atoms with van der Waals surface area (Å²) in [6, 6.07) is 24.5. The Kier molecular flexibility index (Phi) is 5.21. The number of furan rings is 1. The number of hydrogen-bond acceptors (Lipinski definition) is 4. The zero-order valence-electron chi connectivity index (χ0n) is 17.2. The summed E-state index contributed by atoms with van der Waals surface area (Å²) in [6.45, 7) is 1.95. The third kappa shape index (κ3) is 3.88. The van der Waals surface area contributed by atoms with Crippen molar-refractivity contribution in [2.24, 2.45) is 0 Å². The van der Waals surface area contributed by atoms with Gasteiger partial charge in [-0.2, -0.15) is 0 Å². The lowest BCUT2D eigenvalue weighted by Crippen LogP contribution is -1.93. The van der Waals surface area contributed by atoms with Crippen molar-refractivity contribution < 1.29 is 13.7 Å². The van der Waals surface area contributed by atoms with Gasteiger partial charge < -0.3 is 8.94 Å². The van der Waals surface area contributed by atoms with Gasteiger partial charge in [0.05, 0.1) is 5.39 Å². The van der Waals surface area contributed by atoms with E-state index in [-0.39, 0.29) is 5.78 Å². The van der Waals surface area contributed by atoms with E-state index >= 15 is 0 Å². The Hall–Kier alpha value is -3.89. The zero-order valence-corrected chi connectivity index (χ0v) is 18.0. The van der Waals surface area contributed by atoms with Gasteiger partial charge >= 0.3 is 0 Å². The average Bonchev–Trinajstić information content (AvgIpc) is 3.46. The maximum Gasteiger partial charge on any atom is 0.185 e. The lowest BCUT2D eigenvalue weighted by atomic mass is 10.0. The fourth-order valence-corrected chi connectivity index (χ4v) is 3.67. The summed E-state index contributed by atoms with van der Waals surface area (Å²) >= 11 is 6.21. The molecule has 0 N–H and O–H groups in total. The summed E-state index contributed by atoms with van der Waals surface area (Å²) in [5, 5.41) is 5.59. The Balaban J connectivity index is 1.39. The van der Waals surface area contributed by atoms with Crippen molar-refractivity contribution in [1.82, 2.24) is 5.16 Å². The molecule has 0 atom stereocenters. The van der Waals surface area contributed by atoms with E-state index < -0.39 is 0 Å². The predicted octanol–water partition coefficient (Wildman–Crippen LogP) is 7.61. The SMILES string of the molecule is Cc1ccc(-c2ccc(/C=C/C(=O)c3ccc4noc(-c5ccccc5)c4c3)o2)cc1Cl. The van der Waals surface area contributed by atoms with Crippen LogP contribution >= 0.6 is 11.6 Å². The molecule has 2 heterocycles. The normalized spacial score (nSPS) is 11.4. The van der Waals surface area contributed by atoms with Gasteiger partial charge in [-0.25, -0.2) is 0 Å². The smallest absolute Gasteiger partial charge is 0.185 e. The number of rotatable bonds is 5. The molecule has 0 aliphatic rings. The van der Waals surface area contributed by atoms with Gasteiger partial charge in [0.2, 0.25) is 0 Å². The molecule has 0 aliphatic carbocycles. The van der Waals surface area contributed by atoms with Crippen molar-refractivity contribution in [2.45, 2.75) is 6.92 Å². The number of aromatic nitrogens is 1. The van der Waals surface area contributed by atoms with Crippen molar-refractivity contribution in [3.05, 3.63) is 107 Å². The van der Waals surface area contributed by atoms with E-state index in [1.54, 1.807) is 18.2 Å². The van der Waals surface area contributed by atoms with Gasteiger partial charge in [-0.1, -0.05) is 59.2 Å². The van der Waals surface area contributed by atoms with Crippen LogP contribution in [0.5, 0.6) is 0 Å². The Labute approximate surface area is 189 Å². The van der Waals surface area contributed by atoms with Crippen LogP contribution in [0, 0.1) is 6.92 Å². The quantitative estimate of drug-likeness (QED) is 0.209. The van der Waals surface area contributed by atoms with Crippen molar-refractivity contribution >= 4 is 34.4 Å². The van der Waals surface area contributed by atoms with E-state index in [1.807, 2.05) is 73.7 Å². The van der Waals surface area contributed by atoms with E-state index in [4.69, 9.17) is 20.5 Å². The topological polar surface area (TPSA) is 56.2 Å². The highest BCUT2D eigenvalue weighted by Gasteiger charge is 2.13. The van der Waals surface area contributed by atoms with Crippen LogP contribution in [0.25, 0.3) is 39.6 Å². The molecule has 0 aliphatic heterocycles. The molecular weight excluding hydrogens is 422 g/mol. The number of fused-ring (bicyclic) bond motifs is 1. The minimum absolute atomic E-state index is 0.136. The van der Waals surface area contributed by atoms with Gasteiger partial charge in [-0.3, -0.25) is 4.79 Å². The summed E-state index contributed by atoms with van der Waals surface area (Å²) in [5.74, 6) is 1.79. The van der Waals surface area contributed by atoms with E-state index in [9.17, 15) is 4.79 Å². The molecule has 32 heavy (non-hydrogen) atoms. The first-order valence-electron chi connectivity index (χ1n) is 10.1. The first-order chi connectivity index (χ1) is 15.6. The largest absolute Gasteiger partial charge is 0.457 e. The third-order valence-corrected chi connectivity index (χ3v) is 5.69. The minimum Gasteiger partial charge on any atom is -0.457 e. The molecule has 0 spiro atoms. The second-order valence-corrected chi connectivity index (χ2v) is 7.88. The standard InChI is InChI=1S/C27H18ClNO3/c1-17-7-8-20(16-23(17)28)26-14-11-21(31-26)10-13-25(30)19-9-12-24-22(15-19)27(32-29-24)18-5-3-2-4-6-18/h2-16H,1H3/b13-10+. The molecule has 5 aromatic rings. The van der Waals surface area contributed by atoms with Gasteiger partial charge in [0, 0.05) is 21.7 Å². The number of nitrogens with zero attached hydrogens (tertiary/aromatic N) is 1. The summed E-state index contributed by atoms with van der Waals surface area (Å²) in [4.78, 5) is 12.8. The first kappa shape index (κ1) is 20.0. The number of hydrogen-bond donors (Lipinski definition) is 0. The number of carbonyl (C=O) groups excluding carboxylic acids is 1. The molecule has 5 heteroatoms. The molecule has 5 rings (SSSR count). The zero-order chi connectivity index (χ0) is 22.1. The number of halogens is 1. The van der Waals surface area contributed by atoms with E-state index in [2.05, 4.69) is 5.16 Å². The van der Waals surface area contributed by atoms with Gasteiger partial charge in [0.1, 0.15) is 17.0 Å². The van der Waals surface area contributed by atoms with Crippen LogP contribution in [0.1, 0.15) is 21.7 Å². The lowest BCUT2D eigenvalue weighted by molar-refractivity contribution is 0.104. The number of carbonyl (C=O) groups is 1. The number of aryl methyl sites for hydroxylation is 1. The van der Waals surface area contributed by atoms with Gasteiger partial charge in [-0.15, -0.1) is 0 Å². The second kappa shape index (κ2) is 8.33. The Morgan fingerprint density at radius 3 is 2.59 bits per heavy atom. The van der Waals surface area contributed by atoms with Crippen molar-refractivity contribution in [1.29, 1.82) is 0 Å². The van der Waals surface area contributed by atoms with Crippen molar-refractivity contribution in [3.63, 3.8) is 0 Å². The lowest BCUT2D eigenvalue weighted by Gasteiger charge is -2.00. The number of benzene rings is 3. The summed E-state index contributed by atoms with van der Waals surface area (Å²) < 4.78 is 11.4. The predicted molar refractivity (Wildman–Crippen MR) is 127 cm³/mol. The molecule has 4 nitrogen and oxygen atoms in total. The van der Waals surface area contributed by atoms with Gasteiger partial charge in [-0.05, 0) is 61.0 Å². The van der Waals surface area contributed by atoms with Gasteiger partial charge in [0.15, 0.2) is 11.5 Å². The highest BCUT2D eigenvalue weighted by molar-refractivity contribution is 6.31. The fraction of sp³-hybridized carbons (Fsp3) is 0.0370. The van der Waals surface area contributed by atoms with Crippen LogP contribution in [-0.4, -0.2) is 10.9 Å². The highest BCUT2D eigenvalue weighted by atomic mass is 35.5. The second-order valence-electron chi connectivity index (χ2n) is 7.47. The number of allylic oxidation sites excluding steroid dienone is 1.